The molecule has 7 heteroatoms. The van der Waals surface area contributed by atoms with Gasteiger partial charge < -0.3 is 9.84 Å². The lowest BCUT2D eigenvalue weighted by Crippen LogP contribution is -2.41. The van der Waals surface area contributed by atoms with E-state index < -0.39 is 12.1 Å². The van der Waals surface area contributed by atoms with Crippen molar-refractivity contribution in [2.75, 3.05) is 26.7 Å². The van der Waals surface area contributed by atoms with Crippen molar-refractivity contribution in [3.8, 4) is 17.6 Å². The third-order valence-electron chi connectivity index (χ3n) is 7.07. The van der Waals surface area contributed by atoms with E-state index in [4.69, 9.17) is 4.74 Å². The Morgan fingerprint density at radius 2 is 2.14 bits per heavy atom. The third-order valence-corrected chi connectivity index (χ3v) is 7.99. The quantitative estimate of drug-likeness (QED) is 0.346. The van der Waals surface area contributed by atoms with Crippen LogP contribution in [0.1, 0.15) is 53.6 Å². The molecule has 1 aliphatic heterocycles. The number of thiophene rings is 1. The predicted molar refractivity (Wildman–Crippen MR) is 142 cm³/mol. The van der Waals surface area contributed by atoms with E-state index in [1.54, 1.807) is 30.7 Å². The highest BCUT2D eigenvalue weighted by molar-refractivity contribution is 7.12. The van der Waals surface area contributed by atoms with E-state index >= 15 is 4.39 Å². The minimum atomic E-state index is -1.11. The fourth-order valence-corrected chi connectivity index (χ4v) is 5.86. The van der Waals surface area contributed by atoms with Gasteiger partial charge in [-0.1, -0.05) is 11.8 Å². The normalized spacial score (nSPS) is 19.0. The lowest BCUT2D eigenvalue weighted by atomic mass is 9.79. The Balaban J connectivity index is 1.39. The number of likely N-dealkylation sites (tertiary alicyclic amines) is 1. The number of methoxy groups -OCH3 is 1. The number of pyridine rings is 1. The molecule has 2 aromatic heterocycles. The minimum Gasteiger partial charge on any atom is -0.497 e. The maximum Gasteiger partial charge on any atom is 0.303 e. The molecule has 0 amide bonds. The summed E-state index contributed by atoms with van der Waals surface area (Å²) in [6.07, 6.45) is 3.37. The number of fused-ring (bicyclic) bond motifs is 1. The molecule has 3 atom stereocenters. The summed E-state index contributed by atoms with van der Waals surface area (Å²) < 4.78 is 20.8. The van der Waals surface area contributed by atoms with E-state index in [0.717, 1.165) is 41.7 Å². The Morgan fingerprint density at radius 3 is 2.89 bits per heavy atom. The van der Waals surface area contributed by atoms with Gasteiger partial charge in [0.1, 0.15) is 11.9 Å². The Bertz CT molecular complexity index is 1250. The van der Waals surface area contributed by atoms with Crippen molar-refractivity contribution in [2.24, 2.45) is 11.8 Å². The number of aromatic nitrogens is 1. The zero-order valence-electron chi connectivity index (χ0n) is 20.9. The number of hydrogen-bond donors (Lipinski definition) is 1. The van der Waals surface area contributed by atoms with E-state index in [1.807, 2.05) is 24.3 Å². The van der Waals surface area contributed by atoms with Crippen LogP contribution in [-0.4, -0.2) is 47.7 Å². The van der Waals surface area contributed by atoms with Crippen molar-refractivity contribution in [3.63, 3.8) is 0 Å². The summed E-state index contributed by atoms with van der Waals surface area (Å²) in [5.41, 5.74) is 1.39. The summed E-state index contributed by atoms with van der Waals surface area (Å²) in [6.45, 7) is 4.45. The molecular weight excluding hydrogens is 475 g/mol. The van der Waals surface area contributed by atoms with Gasteiger partial charge in [0.05, 0.1) is 24.0 Å². The molecule has 2 unspecified atom stereocenters. The molecule has 3 heterocycles. The molecule has 5 nitrogen and oxygen atoms in total. The smallest absolute Gasteiger partial charge is 0.303 e. The molecule has 0 radical (unpaired) electrons. The highest BCUT2D eigenvalue weighted by Gasteiger charge is 2.30. The number of alkyl halides is 1. The van der Waals surface area contributed by atoms with E-state index in [2.05, 4.69) is 34.7 Å². The van der Waals surface area contributed by atoms with Gasteiger partial charge in [0.15, 0.2) is 0 Å². The third kappa shape index (κ3) is 6.83. The maximum atomic E-state index is 15.5. The SMILES string of the molecule is COc1ccc2nccc([C@@H](F)CCC3CCN(CC#Cc4ccc(C)s4)CC3CCC(=O)O)c2c1. The summed E-state index contributed by atoms with van der Waals surface area (Å²) in [5, 5.41) is 10.0. The molecule has 1 fully saturated rings. The van der Waals surface area contributed by atoms with Crippen LogP contribution < -0.4 is 4.74 Å². The average molecular weight is 509 g/mol. The van der Waals surface area contributed by atoms with E-state index in [-0.39, 0.29) is 12.3 Å². The Morgan fingerprint density at radius 1 is 1.28 bits per heavy atom. The summed E-state index contributed by atoms with van der Waals surface area (Å²) in [4.78, 5) is 20.3. The topological polar surface area (TPSA) is 62.7 Å². The van der Waals surface area contributed by atoms with Crippen LogP contribution in [-0.2, 0) is 4.79 Å². The fourth-order valence-electron chi connectivity index (χ4n) is 5.12. The first-order valence-electron chi connectivity index (χ1n) is 12.5. The first-order valence-corrected chi connectivity index (χ1v) is 13.3. The summed E-state index contributed by atoms with van der Waals surface area (Å²) in [6, 6.07) is 11.4. The number of piperidine rings is 1. The standard InChI is InChI=1S/C29H33FN2O3S/c1-20-5-9-24(36-20)4-3-16-32-17-14-21(22(19-32)7-12-29(33)34)6-10-27(30)25-13-15-31-28-11-8-23(35-2)18-26(25)28/h5,8-9,11,13,15,18,21-22,27H,6-7,10,12,14,16-17,19H2,1-2H3,(H,33,34)/t21?,22?,27-/m0/s1. The number of nitrogens with zero attached hydrogens (tertiary/aromatic N) is 2. The molecule has 0 spiro atoms. The number of rotatable bonds is 9. The fraction of sp³-hybridized carbons (Fsp3) is 0.448. The number of ether oxygens (including phenoxy) is 1. The van der Waals surface area contributed by atoms with Crippen molar-refractivity contribution >= 4 is 28.2 Å². The number of carboxylic acid groups (broad SMARTS) is 1. The molecule has 3 aromatic rings. The van der Waals surface area contributed by atoms with Gasteiger partial charge in [-0.3, -0.25) is 14.7 Å². The molecule has 0 bridgehead atoms. The summed E-state index contributed by atoms with van der Waals surface area (Å²) in [7, 11) is 1.60. The number of hydrogen-bond acceptors (Lipinski definition) is 5. The van der Waals surface area contributed by atoms with Gasteiger partial charge in [-0.05, 0) is 92.9 Å². The van der Waals surface area contributed by atoms with Crippen LogP contribution >= 0.6 is 11.3 Å². The second kappa shape index (κ2) is 12.3. The van der Waals surface area contributed by atoms with Gasteiger partial charge in [-0.15, -0.1) is 11.3 Å². The van der Waals surface area contributed by atoms with Gasteiger partial charge in [0, 0.05) is 29.4 Å². The van der Waals surface area contributed by atoms with Crippen molar-refractivity contribution < 1.29 is 19.0 Å². The van der Waals surface area contributed by atoms with Crippen molar-refractivity contribution in [1.82, 2.24) is 9.88 Å². The van der Waals surface area contributed by atoms with Crippen LogP contribution in [0.4, 0.5) is 4.39 Å². The van der Waals surface area contributed by atoms with Crippen molar-refractivity contribution in [2.45, 2.75) is 45.2 Å². The largest absolute Gasteiger partial charge is 0.497 e. The summed E-state index contributed by atoms with van der Waals surface area (Å²) >= 11 is 1.69. The zero-order chi connectivity index (χ0) is 25.5. The molecule has 0 saturated carbocycles. The van der Waals surface area contributed by atoms with Crippen LogP contribution in [0.25, 0.3) is 10.9 Å². The van der Waals surface area contributed by atoms with E-state index in [0.29, 0.717) is 36.6 Å². The second-order valence-corrected chi connectivity index (χ2v) is 10.8. The number of aryl methyl sites for hydroxylation is 1. The van der Waals surface area contributed by atoms with Gasteiger partial charge >= 0.3 is 5.97 Å². The number of carbonyl (C=O) groups is 1. The Kier molecular flexibility index (Phi) is 8.95. The van der Waals surface area contributed by atoms with E-state index in [1.165, 1.54) is 4.88 Å². The highest BCUT2D eigenvalue weighted by atomic mass is 32.1. The Labute approximate surface area is 216 Å². The molecule has 0 aliphatic carbocycles. The maximum absolute atomic E-state index is 15.5. The van der Waals surface area contributed by atoms with Gasteiger partial charge in [0.25, 0.3) is 0 Å². The van der Waals surface area contributed by atoms with Crippen molar-refractivity contribution in [1.29, 1.82) is 0 Å². The average Bonchev–Trinajstić information content (AvgIpc) is 3.30. The number of carboxylic acids is 1. The van der Waals surface area contributed by atoms with Gasteiger partial charge in [0.2, 0.25) is 0 Å². The number of aliphatic carboxylic acids is 1. The number of benzene rings is 1. The molecule has 1 N–H and O–H groups in total. The minimum absolute atomic E-state index is 0.142. The first kappa shape index (κ1) is 26.1. The van der Waals surface area contributed by atoms with Crippen LogP contribution in [0.15, 0.2) is 42.6 Å². The highest BCUT2D eigenvalue weighted by Crippen LogP contribution is 2.36. The molecule has 4 rings (SSSR count). The van der Waals surface area contributed by atoms with Crippen LogP contribution in [0.2, 0.25) is 0 Å². The molecular formula is C29H33FN2O3S. The van der Waals surface area contributed by atoms with E-state index in [9.17, 15) is 9.90 Å². The second-order valence-electron chi connectivity index (χ2n) is 9.52. The monoisotopic (exact) mass is 508 g/mol. The van der Waals surface area contributed by atoms with Gasteiger partial charge in [-0.25, -0.2) is 4.39 Å². The van der Waals surface area contributed by atoms with Crippen LogP contribution in [0.5, 0.6) is 5.75 Å². The van der Waals surface area contributed by atoms with Crippen LogP contribution in [0, 0.1) is 30.6 Å². The first-order chi connectivity index (χ1) is 17.4. The predicted octanol–water partition coefficient (Wildman–Crippen LogP) is 6.26. The molecule has 1 aromatic carbocycles. The summed E-state index contributed by atoms with van der Waals surface area (Å²) in [5.74, 6) is 6.94. The molecule has 1 saturated heterocycles. The number of halogens is 1. The molecule has 1 aliphatic rings. The van der Waals surface area contributed by atoms with Crippen molar-refractivity contribution in [3.05, 3.63) is 57.9 Å². The Hall–Kier alpha value is -2.95. The molecule has 190 valence electrons. The lowest BCUT2D eigenvalue weighted by molar-refractivity contribution is -0.137. The lowest BCUT2D eigenvalue weighted by Gasteiger charge is -2.38. The van der Waals surface area contributed by atoms with Crippen LogP contribution in [0.3, 0.4) is 0 Å². The van der Waals surface area contributed by atoms with Gasteiger partial charge in [-0.2, -0.15) is 0 Å². The molecule has 36 heavy (non-hydrogen) atoms. The zero-order valence-corrected chi connectivity index (χ0v) is 21.7.